The van der Waals surface area contributed by atoms with Gasteiger partial charge in [0.05, 0.1) is 7.11 Å². The Morgan fingerprint density at radius 3 is 2.66 bits per heavy atom. The highest BCUT2D eigenvalue weighted by molar-refractivity contribution is 7.80. The van der Waals surface area contributed by atoms with Crippen LogP contribution in [-0.2, 0) is 4.79 Å². The van der Waals surface area contributed by atoms with Crippen molar-refractivity contribution < 1.29 is 14.3 Å². The maximum Gasteiger partial charge on any atom is 0.262 e. The fraction of sp³-hybridized carbons (Fsp3) is 0.364. The predicted molar refractivity (Wildman–Crippen MR) is 120 cm³/mol. The lowest BCUT2D eigenvalue weighted by molar-refractivity contribution is -0.118. The Labute approximate surface area is 181 Å². The Morgan fingerprint density at radius 1 is 1.21 bits per heavy atom. The number of carbonyl (C=O) groups is 1. The summed E-state index contributed by atoms with van der Waals surface area (Å²) in [6.45, 7) is 4.09. The van der Waals surface area contributed by atoms with Gasteiger partial charge in [-0.1, -0.05) is 36.8 Å². The van der Waals surface area contributed by atoms with Crippen LogP contribution in [-0.4, -0.2) is 42.6 Å². The lowest BCUT2D eigenvalue weighted by atomic mass is 9.99. The number of hydrogen-bond acceptors (Lipinski definition) is 4. The summed E-state index contributed by atoms with van der Waals surface area (Å²) in [5.74, 6) is 1.51. The van der Waals surface area contributed by atoms with Gasteiger partial charge in [0.1, 0.15) is 4.99 Å². The molecule has 2 aromatic rings. The minimum absolute atomic E-state index is 0.142. The van der Waals surface area contributed by atoms with Crippen molar-refractivity contribution in [2.45, 2.75) is 19.8 Å². The normalized spacial score (nSPS) is 14.4. The van der Waals surface area contributed by atoms with Crippen LogP contribution in [0, 0.1) is 5.92 Å². The SMILES string of the molecule is COc1cc(C(=S)N2CCC(C)CC2)ccc1OCC(=O)Nc1cccc(Cl)c1. The van der Waals surface area contributed by atoms with Crippen LogP contribution in [0.3, 0.4) is 0 Å². The zero-order valence-corrected chi connectivity index (χ0v) is 18.2. The molecule has 0 radical (unpaired) electrons. The Hall–Kier alpha value is -2.31. The van der Waals surface area contributed by atoms with Gasteiger partial charge in [-0.3, -0.25) is 4.79 Å². The van der Waals surface area contributed by atoms with Crippen LogP contribution in [0.4, 0.5) is 5.69 Å². The molecule has 0 atom stereocenters. The Morgan fingerprint density at radius 2 is 1.97 bits per heavy atom. The Bertz CT molecular complexity index is 882. The molecule has 0 spiro atoms. The first-order valence-electron chi connectivity index (χ1n) is 9.62. The van der Waals surface area contributed by atoms with Crippen LogP contribution in [0.1, 0.15) is 25.3 Å². The predicted octanol–water partition coefficient (Wildman–Crippen LogP) is 4.77. The van der Waals surface area contributed by atoms with Gasteiger partial charge in [0.25, 0.3) is 5.91 Å². The second-order valence-electron chi connectivity index (χ2n) is 7.19. The zero-order chi connectivity index (χ0) is 20.8. The van der Waals surface area contributed by atoms with Gasteiger partial charge >= 0.3 is 0 Å². The number of benzene rings is 2. The minimum Gasteiger partial charge on any atom is -0.493 e. The number of ether oxygens (including phenoxy) is 2. The van der Waals surface area contributed by atoms with Gasteiger partial charge in [-0.05, 0) is 55.2 Å². The lowest BCUT2D eigenvalue weighted by Gasteiger charge is -2.32. The minimum atomic E-state index is -0.281. The number of hydrogen-bond donors (Lipinski definition) is 1. The topological polar surface area (TPSA) is 50.8 Å². The van der Waals surface area contributed by atoms with E-state index in [9.17, 15) is 4.79 Å². The summed E-state index contributed by atoms with van der Waals surface area (Å²) in [5, 5.41) is 3.31. The molecule has 1 heterocycles. The summed E-state index contributed by atoms with van der Waals surface area (Å²) in [6, 6.07) is 12.5. The second kappa shape index (κ2) is 9.94. The molecule has 29 heavy (non-hydrogen) atoms. The Kier molecular flexibility index (Phi) is 7.34. The van der Waals surface area contributed by atoms with Crippen molar-refractivity contribution in [3.8, 4) is 11.5 Å². The Balaban J connectivity index is 1.61. The maximum absolute atomic E-state index is 12.2. The molecule has 1 aliphatic heterocycles. The molecule has 1 aliphatic rings. The first kappa shape index (κ1) is 21.4. The maximum atomic E-state index is 12.2. The molecule has 2 aromatic carbocycles. The van der Waals surface area contributed by atoms with Gasteiger partial charge in [-0.15, -0.1) is 0 Å². The number of nitrogens with zero attached hydrogens (tertiary/aromatic N) is 1. The van der Waals surface area contributed by atoms with E-state index in [2.05, 4.69) is 17.1 Å². The third-order valence-corrected chi connectivity index (χ3v) is 5.68. The van der Waals surface area contributed by atoms with Gasteiger partial charge in [0, 0.05) is 29.4 Å². The highest BCUT2D eigenvalue weighted by Crippen LogP contribution is 2.29. The van der Waals surface area contributed by atoms with E-state index in [4.69, 9.17) is 33.3 Å². The molecule has 0 bridgehead atoms. The van der Waals surface area contributed by atoms with Crippen LogP contribution in [0.15, 0.2) is 42.5 Å². The number of amides is 1. The number of carbonyl (C=O) groups excluding carboxylic acids is 1. The quantitative estimate of drug-likeness (QED) is 0.666. The summed E-state index contributed by atoms with van der Waals surface area (Å²) in [5.41, 5.74) is 1.54. The number of likely N-dealkylation sites (tertiary alicyclic amines) is 1. The fourth-order valence-corrected chi connectivity index (χ4v) is 3.72. The third kappa shape index (κ3) is 5.84. The molecule has 3 rings (SSSR count). The molecular formula is C22H25ClN2O3S. The third-order valence-electron chi connectivity index (χ3n) is 4.95. The van der Waals surface area contributed by atoms with E-state index in [0.717, 1.165) is 42.4 Å². The molecule has 1 amide bonds. The zero-order valence-electron chi connectivity index (χ0n) is 16.6. The van der Waals surface area contributed by atoms with E-state index in [1.165, 1.54) is 0 Å². The first-order chi connectivity index (χ1) is 14.0. The number of halogens is 1. The number of rotatable bonds is 6. The van der Waals surface area contributed by atoms with Crippen LogP contribution in [0.2, 0.25) is 5.02 Å². The van der Waals surface area contributed by atoms with Gasteiger partial charge in [0.15, 0.2) is 18.1 Å². The van der Waals surface area contributed by atoms with Gasteiger partial charge in [0.2, 0.25) is 0 Å². The standard InChI is InChI=1S/C22H25ClN2O3S/c1-15-8-10-25(11-9-15)22(29)16-6-7-19(20(12-16)27-2)28-14-21(26)24-18-5-3-4-17(23)13-18/h3-7,12-13,15H,8-11,14H2,1-2H3,(H,24,26). The van der Waals surface area contributed by atoms with Crippen molar-refractivity contribution in [1.82, 2.24) is 4.90 Å². The van der Waals surface area contributed by atoms with Gasteiger partial charge in [-0.2, -0.15) is 0 Å². The molecule has 154 valence electrons. The molecule has 0 aromatic heterocycles. The molecule has 0 unspecified atom stereocenters. The molecule has 0 aliphatic carbocycles. The van der Waals surface area contributed by atoms with Crippen molar-refractivity contribution in [2.24, 2.45) is 5.92 Å². The average Bonchev–Trinajstić information content (AvgIpc) is 2.72. The average molecular weight is 433 g/mol. The van der Waals surface area contributed by atoms with E-state index >= 15 is 0 Å². The molecule has 0 saturated carbocycles. The summed E-state index contributed by atoms with van der Waals surface area (Å²) < 4.78 is 11.1. The molecule has 1 saturated heterocycles. The van der Waals surface area contributed by atoms with Crippen molar-refractivity contribution in [1.29, 1.82) is 0 Å². The monoisotopic (exact) mass is 432 g/mol. The van der Waals surface area contributed by atoms with E-state index in [-0.39, 0.29) is 12.5 Å². The van der Waals surface area contributed by atoms with Crippen molar-refractivity contribution >= 4 is 40.4 Å². The second-order valence-corrected chi connectivity index (χ2v) is 8.01. The van der Waals surface area contributed by atoms with E-state index < -0.39 is 0 Å². The molecular weight excluding hydrogens is 408 g/mol. The van der Waals surface area contributed by atoms with Crippen LogP contribution in [0.25, 0.3) is 0 Å². The number of anilines is 1. The highest BCUT2D eigenvalue weighted by Gasteiger charge is 2.20. The smallest absolute Gasteiger partial charge is 0.262 e. The van der Waals surface area contributed by atoms with Gasteiger partial charge in [-0.25, -0.2) is 0 Å². The van der Waals surface area contributed by atoms with Crippen molar-refractivity contribution in [3.63, 3.8) is 0 Å². The van der Waals surface area contributed by atoms with Crippen molar-refractivity contribution in [3.05, 3.63) is 53.1 Å². The van der Waals surface area contributed by atoms with Gasteiger partial charge < -0.3 is 19.7 Å². The number of piperidine rings is 1. The number of nitrogens with one attached hydrogen (secondary N) is 1. The van der Waals surface area contributed by atoms with Crippen LogP contribution in [0.5, 0.6) is 11.5 Å². The molecule has 1 fully saturated rings. The van der Waals surface area contributed by atoms with Crippen molar-refractivity contribution in [2.75, 3.05) is 32.1 Å². The molecule has 7 heteroatoms. The summed E-state index contributed by atoms with van der Waals surface area (Å²) in [4.78, 5) is 15.2. The number of methoxy groups -OCH3 is 1. The van der Waals surface area contributed by atoms with E-state index in [0.29, 0.717) is 22.2 Å². The highest BCUT2D eigenvalue weighted by atomic mass is 35.5. The summed E-state index contributed by atoms with van der Waals surface area (Å²) >= 11 is 11.6. The fourth-order valence-electron chi connectivity index (χ4n) is 3.22. The van der Waals surface area contributed by atoms with Crippen LogP contribution >= 0.6 is 23.8 Å². The first-order valence-corrected chi connectivity index (χ1v) is 10.4. The van der Waals surface area contributed by atoms with Crippen LogP contribution < -0.4 is 14.8 Å². The summed E-state index contributed by atoms with van der Waals surface area (Å²) in [7, 11) is 1.57. The number of thiocarbonyl (C=S) groups is 1. The van der Waals surface area contributed by atoms with E-state index in [1.807, 2.05) is 12.1 Å². The summed E-state index contributed by atoms with van der Waals surface area (Å²) in [6.07, 6.45) is 2.31. The van der Waals surface area contributed by atoms with E-state index in [1.54, 1.807) is 37.4 Å². The molecule has 1 N–H and O–H groups in total. The largest absolute Gasteiger partial charge is 0.493 e. The lowest BCUT2D eigenvalue weighted by Crippen LogP contribution is -2.37. The molecule has 5 nitrogen and oxygen atoms in total.